The Balaban J connectivity index is 0.00000288. The highest BCUT2D eigenvalue weighted by Gasteiger charge is 2.30. The van der Waals surface area contributed by atoms with Gasteiger partial charge in [0.1, 0.15) is 0 Å². The van der Waals surface area contributed by atoms with Gasteiger partial charge in [0.2, 0.25) is 5.91 Å². The Labute approximate surface area is 150 Å². The standard InChI is InChI=1S/C18H27N3O2.ClH/c1-12(2)10-18(3,11-19)21-17(23)14-5-4-6-15(9-14)20-16(22)13-7-8-13;/h4-6,9,12-13H,7-8,10-11,19H2,1-3H3,(H,20,22)(H,21,23);1H. The van der Waals surface area contributed by atoms with Crippen LogP contribution >= 0.6 is 12.4 Å². The van der Waals surface area contributed by atoms with Gasteiger partial charge < -0.3 is 16.4 Å². The van der Waals surface area contributed by atoms with Crippen molar-refractivity contribution in [2.24, 2.45) is 17.6 Å². The molecule has 2 rings (SSSR count). The molecule has 134 valence electrons. The van der Waals surface area contributed by atoms with Crippen LogP contribution in [0.2, 0.25) is 0 Å². The van der Waals surface area contributed by atoms with E-state index in [1.54, 1.807) is 24.3 Å². The molecule has 5 nitrogen and oxygen atoms in total. The first-order valence-corrected chi connectivity index (χ1v) is 8.26. The van der Waals surface area contributed by atoms with Crippen molar-refractivity contribution in [2.75, 3.05) is 11.9 Å². The number of nitrogens with one attached hydrogen (secondary N) is 2. The fourth-order valence-electron chi connectivity index (χ4n) is 2.76. The summed E-state index contributed by atoms with van der Waals surface area (Å²) in [6.07, 6.45) is 2.72. The molecule has 1 fully saturated rings. The third-order valence-electron chi connectivity index (χ3n) is 4.07. The first-order valence-electron chi connectivity index (χ1n) is 8.26. The molecule has 1 aliphatic carbocycles. The van der Waals surface area contributed by atoms with Crippen molar-refractivity contribution in [3.8, 4) is 0 Å². The minimum atomic E-state index is -0.432. The summed E-state index contributed by atoms with van der Waals surface area (Å²) in [6.45, 7) is 6.56. The number of hydrogen-bond acceptors (Lipinski definition) is 3. The van der Waals surface area contributed by atoms with Gasteiger partial charge >= 0.3 is 0 Å². The fraction of sp³-hybridized carbons (Fsp3) is 0.556. The largest absolute Gasteiger partial charge is 0.346 e. The molecule has 6 heteroatoms. The van der Waals surface area contributed by atoms with Crippen LogP contribution in [0, 0.1) is 11.8 Å². The van der Waals surface area contributed by atoms with Gasteiger partial charge in [-0.1, -0.05) is 19.9 Å². The summed E-state index contributed by atoms with van der Waals surface area (Å²) >= 11 is 0. The van der Waals surface area contributed by atoms with E-state index in [4.69, 9.17) is 5.73 Å². The summed E-state index contributed by atoms with van der Waals surface area (Å²) in [7, 11) is 0. The van der Waals surface area contributed by atoms with E-state index in [2.05, 4.69) is 24.5 Å². The van der Waals surface area contributed by atoms with Crippen molar-refractivity contribution >= 4 is 29.9 Å². The molecule has 1 aliphatic rings. The SMILES string of the molecule is CC(C)CC(C)(CN)NC(=O)c1cccc(NC(=O)C2CC2)c1.Cl. The molecule has 1 atom stereocenters. The summed E-state index contributed by atoms with van der Waals surface area (Å²) in [4.78, 5) is 24.3. The number of benzene rings is 1. The first-order chi connectivity index (χ1) is 10.8. The van der Waals surface area contributed by atoms with Crippen LogP contribution in [0.15, 0.2) is 24.3 Å². The van der Waals surface area contributed by atoms with Crippen LogP contribution in [0.25, 0.3) is 0 Å². The molecule has 0 spiro atoms. The normalized spacial score (nSPS) is 16.0. The number of rotatable bonds is 7. The lowest BCUT2D eigenvalue weighted by molar-refractivity contribution is -0.117. The quantitative estimate of drug-likeness (QED) is 0.704. The topological polar surface area (TPSA) is 84.2 Å². The second-order valence-electron chi connectivity index (χ2n) is 7.16. The molecular formula is C18H28ClN3O2. The Morgan fingerprint density at radius 2 is 2.00 bits per heavy atom. The number of amides is 2. The minimum absolute atomic E-state index is 0. The third kappa shape index (κ3) is 5.80. The van der Waals surface area contributed by atoms with Crippen LogP contribution in [0.4, 0.5) is 5.69 Å². The average Bonchev–Trinajstić information content (AvgIpc) is 3.31. The number of nitrogens with two attached hydrogens (primary N) is 1. The first kappa shape index (κ1) is 20.5. The monoisotopic (exact) mass is 353 g/mol. The van der Waals surface area contributed by atoms with Crippen LogP contribution in [0.1, 0.15) is 50.4 Å². The zero-order valence-electron chi connectivity index (χ0n) is 14.6. The third-order valence-corrected chi connectivity index (χ3v) is 4.07. The van der Waals surface area contributed by atoms with Crippen molar-refractivity contribution in [1.29, 1.82) is 0 Å². The molecule has 0 heterocycles. The van der Waals surface area contributed by atoms with Gasteiger partial charge in [-0.05, 0) is 50.3 Å². The van der Waals surface area contributed by atoms with Gasteiger partial charge in [0, 0.05) is 29.3 Å². The van der Waals surface area contributed by atoms with E-state index >= 15 is 0 Å². The van der Waals surface area contributed by atoms with E-state index < -0.39 is 5.54 Å². The predicted octanol–water partition coefficient (Wildman–Crippen LogP) is 2.95. The number of anilines is 1. The Morgan fingerprint density at radius 1 is 1.33 bits per heavy atom. The van der Waals surface area contributed by atoms with Gasteiger partial charge in [0.25, 0.3) is 5.91 Å². The summed E-state index contributed by atoms with van der Waals surface area (Å²) in [5.74, 6) is 0.447. The second kappa shape index (κ2) is 8.49. The maximum absolute atomic E-state index is 12.5. The van der Waals surface area contributed by atoms with Crippen LogP contribution in [-0.2, 0) is 4.79 Å². The second-order valence-corrected chi connectivity index (χ2v) is 7.16. The maximum Gasteiger partial charge on any atom is 0.251 e. The molecule has 0 radical (unpaired) electrons. The zero-order valence-corrected chi connectivity index (χ0v) is 15.4. The highest BCUT2D eigenvalue weighted by molar-refractivity contribution is 5.98. The number of carbonyl (C=O) groups is 2. The average molecular weight is 354 g/mol. The molecule has 4 N–H and O–H groups in total. The van der Waals surface area contributed by atoms with Crippen LogP contribution < -0.4 is 16.4 Å². The van der Waals surface area contributed by atoms with Gasteiger partial charge in [0.05, 0.1) is 0 Å². The smallest absolute Gasteiger partial charge is 0.251 e. The van der Waals surface area contributed by atoms with E-state index in [0.717, 1.165) is 19.3 Å². The van der Waals surface area contributed by atoms with E-state index in [1.165, 1.54) is 0 Å². The lowest BCUT2D eigenvalue weighted by atomic mass is 9.90. The van der Waals surface area contributed by atoms with Crippen molar-refractivity contribution in [2.45, 2.75) is 45.6 Å². The van der Waals surface area contributed by atoms with E-state index in [1.807, 2.05) is 6.92 Å². The van der Waals surface area contributed by atoms with Crippen LogP contribution in [-0.4, -0.2) is 23.9 Å². The van der Waals surface area contributed by atoms with Crippen LogP contribution in [0.3, 0.4) is 0 Å². The number of halogens is 1. The van der Waals surface area contributed by atoms with E-state index in [9.17, 15) is 9.59 Å². The van der Waals surface area contributed by atoms with Crippen molar-refractivity contribution in [3.63, 3.8) is 0 Å². The molecule has 0 bridgehead atoms. The van der Waals surface area contributed by atoms with Gasteiger partial charge in [0.15, 0.2) is 0 Å². The minimum Gasteiger partial charge on any atom is -0.346 e. The van der Waals surface area contributed by atoms with E-state index in [0.29, 0.717) is 23.7 Å². The molecule has 1 aromatic carbocycles. The molecular weight excluding hydrogens is 326 g/mol. The maximum atomic E-state index is 12.5. The molecule has 1 unspecified atom stereocenters. The van der Waals surface area contributed by atoms with Gasteiger partial charge in [-0.15, -0.1) is 12.4 Å². The Hall–Kier alpha value is -1.59. The fourth-order valence-corrected chi connectivity index (χ4v) is 2.76. The highest BCUT2D eigenvalue weighted by atomic mass is 35.5. The lowest BCUT2D eigenvalue weighted by Crippen LogP contribution is -2.52. The molecule has 0 aliphatic heterocycles. The van der Waals surface area contributed by atoms with Crippen molar-refractivity contribution in [1.82, 2.24) is 5.32 Å². The Morgan fingerprint density at radius 3 is 2.54 bits per heavy atom. The van der Waals surface area contributed by atoms with Gasteiger partial charge in [-0.3, -0.25) is 9.59 Å². The molecule has 2 amide bonds. The molecule has 0 aromatic heterocycles. The van der Waals surface area contributed by atoms with Crippen molar-refractivity contribution < 1.29 is 9.59 Å². The number of hydrogen-bond donors (Lipinski definition) is 3. The zero-order chi connectivity index (χ0) is 17.0. The Bertz CT molecular complexity index is 587. The van der Waals surface area contributed by atoms with E-state index in [-0.39, 0.29) is 30.1 Å². The predicted molar refractivity (Wildman–Crippen MR) is 99.4 cm³/mol. The molecule has 1 saturated carbocycles. The number of carbonyl (C=O) groups excluding carboxylic acids is 2. The van der Waals surface area contributed by atoms with Gasteiger partial charge in [-0.2, -0.15) is 0 Å². The van der Waals surface area contributed by atoms with Gasteiger partial charge in [-0.25, -0.2) is 0 Å². The highest BCUT2D eigenvalue weighted by Crippen LogP contribution is 2.30. The summed E-state index contributed by atoms with van der Waals surface area (Å²) < 4.78 is 0. The molecule has 1 aromatic rings. The summed E-state index contributed by atoms with van der Waals surface area (Å²) in [5, 5.41) is 5.89. The summed E-state index contributed by atoms with van der Waals surface area (Å²) in [5.41, 5.74) is 6.60. The van der Waals surface area contributed by atoms with Crippen LogP contribution in [0.5, 0.6) is 0 Å². The molecule has 24 heavy (non-hydrogen) atoms. The van der Waals surface area contributed by atoms with Crippen molar-refractivity contribution in [3.05, 3.63) is 29.8 Å². The summed E-state index contributed by atoms with van der Waals surface area (Å²) in [6, 6.07) is 7.03. The lowest BCUT2D eigenvalue weighted by Gasteiger charge is -2.31. The molecule has 0 saturated heterocycles. The Kier molecular flexibility index (Phi) is 7.24.